The van der Waals surface area contributed by atoms with Crippen molar-refractivity contribution in [2.75, 3.05) is 6.61 Å². The summed E-state index contributed by atoms with van der Waals surface area (Å²) < 4.78 is 16.6. The Morgan fingerprint density at radius 3 is 2.20 bits per heavy atom. The molecule has 0 unspecified atom stereocenters. The number of carbonyl (C=O) groups excluding carboxylic acids is 2. The Morgan fingerprint density at radius 1 is 1.18 bits per heavy atom. The second-order valence-corrected chi connectivity index (χ2v) is 24.7. The van der Waals surface area contributed by atoms with Crippen molar-refractivity contribution in [3.8, 4) is 0 Å². The predicted molar refractivity (Wildman–Crippen MR) is 173 cm³/mol. The summed E-state index contributed by atoms with van der Waals surface area (Å²) >= 11 is 3.58. The second kappa shape index (κ2) is 12.4. The summed E-state index contributed by atoms with van der Waals surface area (Å²) in [4.78, 5) is 27.1. The van der Waals surface area contributed by atoms with E-state index in [9.17, 15) is 9.59 Å². The third kappa shape index (κ3) is 6.93. The minimum Gasteiger partial charge on any atom is -0.457 e. The van der Waals surface area contributed by atoms with E-state index in [-0.39, 0.29) is 40.7 Å². The lowest BCUT2D eigenvalue weighted by Crippen LogP contribution is -2.75. The van der Waals surface area contributed by atoms with E-state index in [1.54, 1.807) is 6.08 Å². The van der Waals surface area contributed by atoms with Gasteiger partial charge in [0.2, 0.25) is 5.91 Å². The molecule has 226 valence electrons. The van der Waals surface area contributed by atoms with E-state index in [4.69, 9.17) is 14.3 Å². The molecule has 2 rings (SSSR count). The fourth-order valence-electron chi connectivity index (χ4n) is 4.88. The predicted octanol–water partition coefficient (Wildman–Crippen LogP) is 7.68. The third-order valence-electron chi connectivity index (χ3n) is 9.28. The lowest BCUT2D eigenvalue weighted by Gasteiger charge is -2.60. The van der Waals surface area contributed by atoms with Crippen molar-refractivity contribution >= 4 is 49.9 Å². The van der Waals surface area contributed by atoms with Gasteiger partial charge in [-0.3, -0.25) is 9.48 Å². The number of carbonyl (C=O) groups is 2. The first-order valence-corrected chi connectivity index (χ1v) is 21.0. The molecule has 0 radical (unpaired) electrons. The van der Waals surface area contributed by atoms with Gasteiger partial charge in [-0.1, -0.05) is 67.3 Å². The van der Waals surface area contributed by atoms with Gasteiger partial charge in [0.1, 0.15) is 11.1 Å². The molecule has 0 aliphatic carbocycles. The average Bonchev–Trinajstić information content (AvgIpc) is 3.17. The molecule has 1 aliphatic heterocycles. The monoisotopic (exact) mass is 653 g/mol. The van der Waals surface area contributed by atoms with Crippen molar-refractivity contribution in [1.82, 2.24) is 14.3 Å². The van der Waals surface area contributed by atoms with Crippen molar-refractivity contribution < 1.29 is 18.8 Å². The van der Waals surface area contributed by atoms with E-state index in [0.29, 0.717) is 16.6 Å². The molecule has 0 saturated carbocycles. The van der Waals surface area contributed by atoms with Crippen molar-refractivity contribution in [3.05, 3.63) is 34.6 Å². The van der Waals surface area contributed by atoms with Gasteiger partial charge in [0, 0.05) is 23.9 Å². The number of hydrogen-bond acceptors (Lipinski definition) is 5. The highest BCUT2D eigenvalue weighted by atomic mass is 79.9. The van der Waals surface area contributed by atoms with Crippen LogP contribution in [0, 0.1) is 12.8 Å². The standard InChI is InChI=1S/C30H52BrN3O4Si2/c1-15-17-37-28(36)26(31)22(23-18-20(3)33(16-2)32-23)19-24-25(21(4)38-40(13,14)30(8,9)10)27(35)34(24)39(11,12)29(5,6)7/h15,18,21,24-25H,1,16-17,19H2,2-14H3/t21-,24-,25-/m1/s1. The first-order chi connectivity index (χ1) is 18.1. The summed E-state index contributed by atoms with van der Waals surface area (Å²) in [6.07, 6.45) is 1.77. The maximum atomic E-state index is 14.1. The molecular formula is C30H52BrN3O4Si2. The van der Waals surface area contributed by atoms with Gasteiger partial charge in [0.15, 0.2) is 16.6 Å². The van der Waals surface area contributed by atoms with E-state index in [1.165, 1.54) is 0 Å². The molecule has 1 aromatic heterocycles. The van der Waals surface area contributed by atoms with Gasteiger partial charge >= 0.3 is 5.97 Å². The van der Waals surface area contributed by atoms with Crippen LogP contribution in [0.3, 0.4) is 0 Å². The normalized spacial score (nSPS) is 20.1. The van der Waals surface area contributed by atoms with Crippen LogP contribution in [0.2, 0.25) is 36.3 Å². The molecule has 40 heavy (non-hydrogen) atoms. The quantitative estimate of drug-likeness (QED) is 0.0805. The smallest absolute Gasteiger partial charge is 0.345 e. The molecule has 3 atom stereocenters. The van der Waals surface area contributed by atoms with Crippen LogP contribution in [0.15, 0.2) is 23.2 Å². The number of β-lactam (4-membered cyclic amide) rings is 1. The summed E-state index contributed by atoms with van der Waals surface area (Å²) in [5.74, 6) is -0.620. The lowest BCUT2D eigenvalue weighted by molar-refractivity contribution is -0.153. The van der Waals surface area contributed by atoms with E-state index < -0.39 is 22.5 Å². The molecule has 1 aromatic rings. The fourth-order valence-corrected chi connectivity index (χ4v) is 9.29. The van der Waals surface area contributed by atoms with E-state index >= 15 is 0 Å². The van der Waals surface area contributed by atoms with Gasteiger partial charge in [0.25, 0.3) is 0 Å². The number of ether oxygens (including phenoxy) is 1. The number of nitrogens with zero attached hydrogens (tertiary/aromatic N) is 3. The summed E-state index contributed by atoms with van der Waals surface area (Å²) in [6.45, 7) is 32.9. The molecule has 2 heterocycles. The Kier molecular flexibility index (Phi) is 10.8. The number of hydrogen-bond donors (Lipinski definition) is 0. The van der Waals surface area contributed by atoms with E-state index in [0.717, 1.165) is 17.8 Å². The Balaban J connectivity index is 2.66. The largest absolute Gasteiger partial charge is 0.457 e. The van der Waals surface area contributed by atoms with Crippen LogP contribution in [0.25, 0.3) is 5.57 Å². The first kappa shape index (κ1) is 34.7. The van der Waals surface area contributed by atoms with Crippen LogP contribution < -0.4 is 0 Å². The fraction of sp³-hybridized carbons (Fsp3) is 0.700. The van der Waals surface area contributed by atoms with Gasteiger partial charge in [0.05, 0.1) is 17.7 Å². The number of esters is 1. The second-order valence-electron chi connectivity index (χ2n) is 14.1. The maximum absolute atomic E-state index is 14.1. The molecule has 0 spiro atoms. The maximum Gasteiger partial charge on any atom is 0.345 e. The molecule has 0 aromatic carbocycles. The Labute approximate surface area is 253 Å². The molecule has 0 bridgehead atoms. The summed E-state index contributed by atoms with van der Waals surface area (Å²) in [5, 5.41) is 4.81. The van der Waals surface area contributed by atoms with E-state index in [1.807, 2.05) is 31.5 Å². The van der Waals surface area contributed by atoms with Crippen LogP contribution in [0.1, 0.15) is 73.2 Å². The van der Waals surface area contributed by atoms with Crippen molar-refractivity contribution in [2.45, 2.75) is 124 Å². The zero-order chi connectivity index (χ0) is 31.0. The SMILES string of the molecule is C=CCOC(=O)C(Br)=C(C[C@@H]1[C@@H]([C@@H](C)O[Si](C)(C)C(C)(C)C)C(=O)N1[Si](C)(C)C(C)(C)C)c1cc(C)n(CC)n1. The number of rotatable bonds is 11. The molecule has 1 aliphatic rings. The summed E-state index contributed by atoms with van der Waals surface area (Å²) in [7, 11) is -4.37. The third-order valence-corrected chi connectivity index (χ3v) is 20.1. The number of aromatic nitrogens is 2. The Morgan fingerprint density at radius 2 is 1.75 bits per heavy atom. The summed E-state index contributed by atoms with van der Waals surface area (Å²) in [5.41, 5.74) is 2.47. The highest BCUT2D eigenvalue weighted by Gasteiger charge is 2.59. The van der Waals surface area contributed by atoms with Crippen LogP contribution in [-0.2, 0) is 25.3 Å². The van der Waals surface area contributed by atoms with Crippen molar-refractivity contribution in [2.24, 2.45) is 5.92 Å². The molecule has 1 fully saturated rings. The molecule has 7 nitrogen and oxygen atoms in total. The van der Waals surface area contributed by atoms with Gasteiger partial charge < -0.3 is 13.7 Å². The van der Waals surface area contributed by atoms with Gasteiger partial charge in [-0.2, -0.15) is 5.10 Å². The van der Waals surface area contributed by atoms with Crippen LogP contribution in [0.5, 0.6) is 0 Å². The number of amides is 1. The molecule has 0 N–H and O–H groups in total. The van der Waals surface area contributed by atoms with Gasteiger partial charge in [-0.15, -0.1) is 0 Å². The zero-order valence-electron chi connectivity index (χ0n) is 27.1. The Hall–Kier alpha value is -1.50. The van der Waals surface area contributed by atoms with Gasteiger partial charge in [-0.05, 0) is 72.4 Å². The molecular weight excluding hydrogens is 602 g/mol. The Bertz CT molecular complexity index is 1140. The zero-order valence-corrected chi connectivity index (χ0v) is 30.7. The number of aryl methyl sites for hydroxylation is 2. The molecule has 10 heteroatoms. The topological polar surface area (TPSA) is 73.7 Å². The van der Waals surface area contributed by atoms with E-state index in [2.05, 4.69) is 94.8 Å². The molecule has 1 saturated heterocycles. The average molecular weight is 655 g/mol. The van der Waals surface area contributed by atoms with Crippen molar-refractivity contribution in [1.29, 1.82) is 0 Å². The first-order valence-electron chi connectivity index (χ1n) is 14.3. The summed E-state index contributed by atoms with van der Waals surface area (Å²) in [6, 6.07) is 1.87. The van der Waals surface area contributed by atoms with Crippen LogP contribution >= 0.6 is 15.9 Å². The highest BCUT2D eigenvalue weighted by Crippen LogP contribution is 2.49. The minimum absolute atomic E-state index is 0.0240. The van der Waals surface area contributed by atoms with Gasteiger partial charge in [-0.25, -0.2) is 4.79 Å². The minimum atomic E-state index is -2.25. The number of halogens is 1. The van der Waals surface area contributed by atoms with Crippen LogP contribution in [0.4, 0.5) is 0 Å². The van der Waals surface area contributed by atoms with Crippen LogP contribution in [-0.4, -0.2) is 61.5 Å². The molecule has 1 amide bonds. The van der Waals surface area contributed by atoms with Crippen molar-refractivity contribution in [3.63, 3.8) is 0 Å². The lowest BCUT2D eigenvalue weighted by atomic mass is 9.81. The highest BCUT2D eigenvalue weighted by molar-refractivity contribution is 9.12.